The molecular weight excluding hydrogens is 612 g/mol. The van der Waals surface area contributed by atoms with Gasteiger partial charge in [-0.05, 0) is 61.4 Å². The Balaban J connectivity index is 0.000000402. The minimum atomic E-state index is -5.08. The summed E-state index contributed by atoms with van der Waals surface area (Å²) in [4.78, 5) is 32.4. The number of amides is 1. The van der Waals surface area contributed by atoms with Crippen LogP contribution in [0.3, 0.4) is 0 Å². The Morgan fingerprint density at radius 3 is 1.89 bits per heavy atom. The third-order valence-electron chi connectivity index (χ3n) is 6.12. The standard InChI is InChI=1S/C23H26F2N4O.2C2HF3O2/c1-15-12-18(16-4-6-26-7-5-16)19(24)14-21(15)28-23(30)17-2-3-22(20(25)13-17)29-10-8-27-9-11-29;2*3-2(4,5)1(6)7/h2-4,12-14,26-27H,5-11H2,1H3,(H,28,30);2*(H,6,7). The molecule has 0 unspecified atom stereocenters. The van der Waals surface area contributed by atoms with Crippen molar-refractivity contribution in [1.82, 2.24) is 10.6 Å². The maximum absolute atomic E-state index is 14.7. The van der Waals surface area contributed by atoms with E-state index in [0.717, 1.165) is 56.8 Å². The van der Waals surface area contributed by atoms with Gasteiger partial charge in [0.25, 0.3) is 5.91 Å². The largest absolute Gasteiger partial charge is 0.490 e. The van der Waals surface area contributed by atoms with Crippen molar-refractivity contribution in [3.05, 3.63) is 64.7 Å². The first-order chi connectivity index (χ1) is 20.4. The van der Waals surface area contributed by atoms with Crippen molar-refractivity contribution >= 4 is 34.8 Å². The molecular formula is C27H28F8N4O5. The van der Waals surface area contributed by atoms with Gasteiger partial charge in [0.1, 0.15) is 11.6 Å². The molecule has 0 saturated carbocycles. The van der Waals surface area contributed by atoms with Crippen LogP contribution in [0.4, 0.5) is 46.5 Å². The normalized spacial score (nSPS) is 15.1. The highest BCUT2D eigenvalue weighted by Crippen LogP contribution is 2.29. The van der Waals surface area contributed by atoms with Crippen molar-refractivity contribution in [2.24, 2.45) is 0 Å². The monoisotopic (exact) mass is 640 g/mol. The van der Waals surface area contributed by atoms with E-state index in [1.54, 1.807) is 18.2 Å². The molecule has 0 spiro atoms. The van der Waals surface area contributed by atoms with Crippen molar-refractivity contribution < 1.29 is 59.7 Å². The number of aliphatic carboxylic acids is 2. The predicted molar refractivity (Wildman–Crippen MR) is 143 cm³/mol. The van der Waals surface area contributed by atoms with Crippen LogP contribution in [0, 0.1) is 18.6 Å². The van der Waals surface area contributed by atoms with Crippen molar-refractivity contribution in [3.63, 3.8) is 0 Å². The van der Waals surface area contributed by atoms with Crippen LogP contribution in [0.2, 0.25) is 0 Å². The fraction of sp³-hybridized carbons (Fsp3) is 0.370. The number of aryl methyl sites for hydroxylation is 1. The molecule has 5 N–H and O–H groups in total. The first-order valence-electron chi connectivity index (χ1n) is 12.8. The Bertz CT molecular complexity index is 1350. The molecule has 1 saturated heterocycles. The summed E-state index contributed by atoms with van der Waals surface area (Å²) in [6, 6.07) is 7.59. The lowest BCUT2D eigenvalue weighted by atomic mass is 9.97. The number of carboxylic acids is 2. The number of carbonyl (C=O) groups is 3. The molecule has 2 aliphatic heterocycles. The van der Waals surface area contributed by atoms with E-state index in [0.29, 0.717) is 16.9 Å². The number of nitrogens with zero attached hydrogens (tertiary/aromatic N) is 1. The fourth-order valence-electron chi connectivity index (χ4n) is 3.93. The highest BCUT2D eigenvalue weighted by Gasteiger charge is 2.38. The molecule has 0 atom stereocenters. The molecule has 17 heteroatoms. The second-order valence-electron chi connectivity index (χ2n) is 9.29. The summed E-state index contributed by atoms with van der Waals surface area (Å²) in [6.45, 7) is 6.42. The second kappa shape index (κ2) is 15.5. The number of piperazine rings is 1. The number of benzene rings is 2. The molecule has 2 aromatic rings. The third-order valence-corrected chi connectivity index (χ3v) is 6.12. The number of carbonyl (C=O) groups excluding carboxylic acids is 1. The van der Waals surface area contributed by atoms with Crippen LogP contribution in [0.25, 0.3) is 5.57 Å². The molecule has 2 aliphatic rings. The Labute approximate surface area is 245 Å². The maximum Gasteiger partial charge on any atom is 0.490 e. The molecule has 44 heavy (non-hydrogen) atoms. The van der Waals surface area contributed by atoms with Crippen molar-refractivity contribution in [1.29, 1.82) is 0 Å². The smallest absolute Gasteiger partial charge is 0.475 e. The van der Waals surface area contributed by atoms with Crippen LogP contribution in [-0.2, 0) is 9.59 Å². The number of alkyl halides is 6. The molecule has 4 rings (SSSR count). The molecule has 242 valence electrons. The number of anilines is 2. The van der Waals surface area contributed by atoms with Crippen molar-refractivity contribution in [3.8, 4) is 0 Å². The molecule has 1 fully saturated rings. The number of nitrogens with one attached hydrogen (secondary N) is 3. The van der Waals surface area contributed by atoms with E-state index in [-0.39, 0.29) is 11.4 Å². The van der Waals surface area contributed by atoms with Crippen LogP contribution in [0.5, 0.6) is 0 Å². The zero-order chi connectivity index (χ0) is 33.2. The van der Waals surface area contributed by atoms with Gasteiger partial charge in [-0.15, -0.1) is 0 Å². The number of hydrogen-bond donors (Lipinski definition) is 5. The lowest BCUT2D eigenvalue weighted by molar-refractivity contribution is -0.193. The van der Waals surface area contributed by atoms with E-state index in [4.69, 9.17) is 19.8 Å². The number of carboxylic acid groups (broad SMARTS) is 2. The van der Waals surface area contributed by atoms with E-state index in [1.807, 2.05) is 17.9 Å². The summed E-state index contributed by atoms with van der Waals surface area (Å²) < 4.78 is 92.8. The molecule has 9 nitrogen and oxygen atoms in total. The Morgan fingerprint density at radius 2 is 1.41 bits per heavy atom. The van der Waals surface area contributed by atoms with E-state index < -0.39 is 36.0 Å². The van der Waals surface area contributed by atoms with E-state index in [2.05, 4.69) is 16.0 Å². The quantitative estimate of drug-likeness (QED) is 0.307. The van der Waals surface area contributed by atoms with Crippen molar-refractivity contribution in [2.75, 3.05) is 49.5 Å². The molecule has 1 amide bonds. The minimum absolute atomic E-state index is 0.205. The summed E-state index contributed by atoms with van der Waals surface area (Å²) in [6.07, 6.45) is -7.41. The molecule has 0 radical (unpaired) electrons. The minimum Gasteiger partial charge on any atom is -0.475 e. The average Bonchev–Trinajstić information content (AvgIpc) is 2.95. The highest BCUT2D eigenvalue weighted by molar-refractivity contribution is 6.05. The van der Waals surface area contributed by atoms with E-state index >= 15 is 0 Å². The fourth-order valence-corrected chi connectivity index (χ4v) is 3.93. The van der Waals surface area contributed by atoms with Crippen LogP contribution in [0.1, 0.15) is 27.9 Å². The highest BCUT2D eigenvalue weighted by atomic mass is 19.4. The van der Waals surface area contributed by atoms with Gasteiger partial charge in [-0.25, -0.2) is 18.4 Å². The molecule has 0 bridgehead atoms. The zero-order valence-electron chi connectivity index (χ0n) is 23.0. The average molecular weight is 641 g/mol. The maximum atomic E-state index is 14.7. The molecule has 2 heterocycles. The first-order valence-corrected chi connectivity index (χ1v) is 12.8. The van der Waals surface area contributed by atoms with Crippen molar-refractivity contribution in [2.45, 2.75) is 25.7 Å². The van der Waals surface area contributed by atoms with Gasteiger partial charge in [-0.1, -0.05) is 6.08 Å². The third kappa shape index (κ3) is 10.8. The lowest BCUT2D eigenvalue weighted by Gasteiger charge is -2.29. The SMILES string of the molecule is Cc1cc(C2=CCNCC2)c(F)cc1NC(=O)c1ccc(N2CCNCC2)c(F)c1.O=C(O)C(F)(F)F.O=C(O)C(F)(F)F. The Hall–Kier alpha value is -4.25. The van der Waals surface area contributed by atoms with Gasteiger partial charge in [0.05, 0.1) is 5.69 Å². The molecule has 2 aromatic carbocycles. The van der Waals surface area contributed by atoms with Crippen LogP contribution < -0.4 is 20.9 Å². The lowest BCUT2D eigenvalue weighted by Crippen LogP contribution is -2.43. The zero-order valence-corrected chi connectivity index (χ0v) is 23.0. The van der Waals surface area contributed by atoms with Gasteiger partial charge in [0, 0.05) is 49.5 Å². The van der Waals surface area contributed by atoms with Gasteiger partial charge in [0.15, 0.2) is 0 Å². The molecule has 0 aromatic heterocycles. The number of rotatable bonds is 4. The Morgan fingerprint density at radius 1 is 0.841 bits per heavy atom. The van der Waals surface area contributed by atoms with E-state index in [9.17, 15) is 39.9 Å². The predicted octanol–water partition coefficient (Wildman–Crippen LogP) is 4.58. The summed E-state index contributed by atoms with van der Waals surface area (Å²) >= 11 is 0. The summed E-state index contributed by atoms with van der Waals surface area (Å²) in [5, 5.41) is 23.4. The number of hydrogen-bond acceptors (Lipinski definition) is 6. The second-order valence-corrected chi connectivity index (χ2v) is 9.29. The topological polar surface area (TPSA) is 131 Å². The summed E-state index contributed by atoms with van der Waals surface area (Å²) in [7, 11) is 0. The van der Waals surface area contributed by atoms with Gasteiger partial charge < -0.3 is 31.1 Å². The summed E-state index contributed by atoms with van der Waals surface area (Å²) in [5.74, 6) is -6.78. The van der Waals surface area contributed by atoms with Gasteiger partial charge in [0.2, 0.25) is 0 Å². The number of halogens is 8. The first kappa shape index (κ1) is 35.9. The van der Waals surface area contributed by atoms with Crippen LogP contribution in [-0.4, -0.2) is 79.7 Å². The summed E-state index contributed by atoms with van der Waals surface area (Å²) in [5.41, 5.74) is 3.39. The van der Waals surface area contributed by atoms with Gasteiger partial charge in [-0.2, -0.15) is 26.3 Å². The van der Waals surface area contributed by atoms with Crippen LogP contribution in [0.15, 0.2) is 36.4 Å². The molecule has 0 aliphatic carbocycles. The van der Waals surface area contributed by atoms with E-state index in [1.165, 1.54) is 12.1 Å². The Kier molecular flexibility index (Phi) is 12.6. The van der Waals surface area contributed by atoms with Crippen LogP contribution >= 0.6 is 0 Å². The van der Waals surface area contributed by atoms with Gasteiger partial charge in [-0.3, -0.25) is 4.79 Å². The van der Waals surface area contributed by atoms with Gasteiger partial charge >= 0.3 is 24.3 Å².